The van der Waals surface area contributed by atoms with E-state index in [9.17, 15) is 19.2 Å². The van der Waals surface area contributed by atoms with Crippen LogP contribution in [0.15, 0.2) is 64.6 Å². The number of imide groups is 2. The number of carbonyl (C=O) groups is 4. The number of benzene rings is 3. The summed E-state index contributed by atoms with van der Waals surface area (Å²) >= 11 is 7.58. The molecular formula is C26H17BrI2N2O6. The van der Waals surface area contributed by atoms with Gasteiger partial charge in [0.15, 0.2) is 0 Å². The molecule has 4 rings (SSSR count). The van der Waals surface area contributed by atoms with Crippen LogP contribution in [0.25, 0.3) is 6.08 Å². The highest BCUT2D eigenvalue weighted by atomic mass is 127. The second-order valence-corrected chi connectivity index (χ2v) is 11.2. The molecule has 4 amide bonds. The van der Waals surface area contributed by atoms with Crippen molar-refractivity contribution in [2.45, 2.75) is 13.5 Å². The molecular weight excluding hydrogens is 770 g/mol. The van der Waals surface area contributed by atoms with Crippen molar-refractivity contribution in [2.75, 3.05) is 4.90 Å². The summed E-state index contributed by atoms with van der Waals surface area (Å²) in [5.74, 6) is -1.86. The fraction of sp³-hybridized carbons (Fsp3) is 0.0769. The van der Waals surface area contributed by atoms with Crippen molar-refractivity contribution >= 4 is 96.7 Å². The van der Waals surface area contributed by atoms with Gasteiger partial charge in [-0.1, -0.05) is 28.1 Å². The number of carboxylic acids is 1. The molecule has 3 aromatic rings. The molecule has 0 spiro atoms. The minimum absolute atomic E-state index is 0.166. The number of hydrogen-bond donors (Lipinski definition) is 2. The number of amides is 4. The molecule has 0 bridgehead atoms. The predicted octanol–water partition coefficient (Wildman–Crippen LogP) is 5.91. The maximum Gasteiger partial charge on any atom is 0.335 e. The van der Waals surface area contributed by atoms with Crippen molar-refractivity contribution in [3.05, 3.63) is 94.0 Å². The van der Waals surface area contributed by atoms with Crippen LogP contribution in [0.2, 0.25) is 0 Å². The van der Waals surface area contributed by atoms with E-state index >= 15 is 0 Å². The molecule has 1 aliphatic heterocycles. The summed E-state index contributed by atoms with van der Waals surface area (Å²) in [7, 11) is 0. The van der Waals surface area contributed by atoms with Gasteiger partial charge in [-0.2, -0.15) is 0 Å². The molecule has 37 heavy (non-hydrogen) atoms. The number of aromatic carboxylic acids is 1. The molecule has 0 aliphatic carbocycles. The van der Waals surface area contributed by atoms with Crippen molar-refractivity contribution in [2.24, 2.45) is 0 Å². The zero-order valence-electron chi connectivity index (χ0n) is 19.1. The Morgan fingerprint density at radius 2 is 1.70 bits per heavy atom. The number of nitrogens with one attached hydrogen (secondary N) is 1. The third-order valence-electron chi connectivity index (χ3n) is 5.42. The molecule has 1 heterocycles. The minimum Gasteiger partial charge on any atom is -0.487 e. The van der Waals surface area contributed by atoms with E-state index in [-0.39, 0.29) is 17.7 Å². The Morgan fingerprint density at radius 3 is 2.30 bits per heavy atom. The van der Waals surface area contributed by atoms with Crippen molar-refractivity contribution in [3.63, 3.8) is 0 Å². The molecule has 0 atom stereocenters. The summed E-state index contributed by atoms with van der Waals surface area (Å²) in [6.45, 7) is 2.00. The SMILES string of the molecule is Cc1cc(Br)ccc1N1C(=O)NC(=O)/C(=C\c2cc(I)c(OCc3ccc(C(=O)O)cc3)c(I)c2)C1=O. The highest BCUT2D eigenvalue weighted by Gasteiger charge is 2.37. The monoisotopic (exact) mass is 786 g/mol. The first-order valence-corrected chi connectivity index (χ1v) is 13.6. The van der Waals surface area contributed by atoms with Gasteiger partial charge in [0.1, 0.15) is 17.9 Å². The Labute approximate surface area is 247 Å². The van der Waals surface area contributed by atoms with Crippen LogP contribution >= 0.6 is 61.1 Å². The minimum atomic E-state index is -0.995. The standard InChI is InChI=1S/C26H17BrI2N2O6/c1-13-8-17(27)6-7-21(13)31-24(33)18(23(32)30-26(31)36)9-15-10-19(28)22(20(29)11-15)37-12-14-2-4-16(5-3-14)25(34)35/h2-11H,12H2,1H3,(H,34,35)(H,30,32,36)/b18-9+. The molecule has 1 saturated heterocycles. The van der Waals surface area contributed by atoms with E-state index in [4.69, 9.17) is 9.84 Å². The lowest BCUT2D eigenvalue weighted by molar-refractivity contribution is -0.122. The lowest BCUT2D eigenvalue weighted by Crippen LogP contribution is -2.54. The number of carbonyl (C=O) groups excluding carboxylic acids is 3. The van der Waals surface area contributed by atoms with E-state index in [0.717, 1.165) is 22.1 Å². The number of aryl methyl sites for hydroxylation is 1. The summed E-state index contributed by atoms with van der Waals surface area (Å²) in [5, 5.41) is 11.3. The van der Waals surface area contributed by atoms with Gasteiger partial charge in [-0.3, -0.25) is 14.9 Å². The quantitative estimate of drug-likeness (QED) is 0.183. The molecule has 188 valence electrons. The molecule has 1 aliphatic rings. The van der Waals surface area contributed by atoms with Crippen molar-refractivity contribution in [1.82, 2.24) is 5.32 Å². The highest BCUT2D eigenvalue weighted by Crippen LogP contribution is 2.32. The van der Waals surface area contributed by atoms with E-state index in [0.29, 0.717) is 22.6 Å². The number of hydrogen-bond acceptors (Lipinski definition) is 5. The Bertz CT molecular complexity index is 1460. The number of ether oxygens (including phenoxy) is 1. The maximum atomic E-state index is 13.2. The second kappa shape index (κ2) is 11.3. The second-order valence-electron chi connectivity index (χ2n) is 7.99. The van der Waals surface area contributed by atoms with Gasteiger partial charge in [-0.05, 0) is 117 Å². The van der Waals surface area contributed by atoms with E-state index in [2.05, 4.69) is 66.4 Å². The third kappa shape index (κ3) is 6.04. The first kappa shape index (κ1) is 27.3. The van der Waals surface area contributed by atoms with Gasteiger partial charge < -0.3 is 9.84 Å². The number of nitrogens with zero attached hydrogens (tertiary/aromatic N) is 1. The van der Waals surface area contributed by atoms with E-state index in [1.165, 1.54) is 18.2 Å². The number of barbiturate groups is 1. The predicted molar refractivity (Wildman–Crippen MR) is 157 cm³/mol. The molecule has 0 saturated carbocycles. The van der Waals surface area contributed by atoms with Crippen LogP contribution in [0, 0.1) is 14.1 Å². The Hall–Kier alpha value is -2.78. The highest BCUT2D eigenvalue weighted by molar-refractivity contribution is 14.1. The molecule has 11 heteroatoms. The average molecular weight is 787 g/mol. The van der Waals surface area contributed by atoms with Crippen LogP contribution in [0.3, 0.4) is 0 Å². The number of halogens is 3. The Balaban J connectivity index is 1.59. The van der Waals surface area contributed by atoms with Crippen LogP contribution in [0.4, 0.5) is 10.5 Å². The summed E-state index contributed by atoms with van der Waals surface area (Å²) in [5.41, 5.74) is 2.50. The van der Waals surface area contributed by atoms with Gasteiger partial charge in [-0.25, -0.2) is 14.5 Å². The summed E-state index contributed by atoms with van der Waals surface area (Å²) in [6, 6.07) is 14.3. The zero-order valence-corrected chi connectivity index (χ0v) is 25.0. The first-order chi connectivity index (χ1) is 17.5. The van der Waals surface area contributed by atoms with Crippen LogP contribution in [0.1, 0.15) is 27.0 Å². The molecule has 3 aromatic carbocycles. The lowest BCUT2D eigenvalue weighted by atomic mass is 10.1. The summed E-state index contributed by atoms with van der Waals surface area (Å²) in [6.07, 6.45) is 1.45. The summed E-state index contributed by atoms with van der Waals surface area (Å²) < 4.78 is 8.26. The third-order valence-corrected chi connectivity index (χ3v) is 7.51. The van der Waals surface area contributed by atoms with Gasteiger partial charge in [-0.15, -0.1) is 0 Å². The number of carboxylic acid groups (broad SMARTS) is 1. The molecule has 1 fully saturated rings. The van der Waals surface area contributed by atoms with Gasteiger partial charge in [0, 0.05) is 4.47 Å². The van der Waals surface area contributed by atoms with Gasteiger partial charge in [0.2, 0.25) is 0 Å². The van der Waals surface area contributed by atoms with Crippen LogP contribution < -0.4 is 15.0 Å². The van der Waals surface area contributed by atoms with Gasteiger partial charge in [0.25, 0.3) is 11.8 Å². The number of anilines is 1. The molecule has 2 N–H and O–H groups in total. The average Bonchev–Trinajstić information content (AvgIpc) is 2.82. The molecule has 0 aromatic heterocycles. The van der Waals surface area contributed by atoms with Crippen molar-refractivity contribution < 1.29 is 29.0 Å². The molecule has 0 radical (unpaired) electrons. The van der Waals surface area contributed by atoms with E-state index < -0.39 is 23.8 Å². The Kier molecular flexibility index (Phi) is 8.33. The van der Waals surface area contributed by atoms with Crippen LogP contribution in [0.5, 0.6) is 5.75 Å². The molecule has 0 unspecified atom stereocenters. The van der Waals surface area contributed by atoms with E-state index in [1.807, 2.05) is 0 Å². The number of urea groups is 1. The van der Waals surface area contributed by atoms with Gasteiger partial charge >= 0.3 is 12.0 Å². The number of rotatable bonds is 6. The normalized spacial score (nSPS) is 14.6. The fourth-order valence-corrected chi connectivity index (χ4v) is 6.22. The lowest BCUT2D eigenvalue weighted by Gasteiger charge is -2.27. The first-order valence-electron chi connectivity index (χ1n) is 10.7. The van der Waals surface area contributed by atoms with Crippen LogP contribution in [-0.2, 0) is 16.2 Å². The molecule has 8 nitrogen and oxygen atoms in total. The Morgan fingerprint density at radius 1 is 1.05 bits per heavy atom. The zero-order chi connectivity index (χ0) is 26.9. The summed E-state index contributed by atoms with van der Waals surface area (Å²) in [4.78, 5) is 50.3. The topological polar surface area (TPSA) is 113 Å². The van der Waals surface area contributed by atoms with Crippen molar-refractivity contribution in [1.29, 1.82) is 0 Å². The van der Waals surface area contributed by atoms with Gasteiger partial charge in [0.05, 0.1) is 18.4 Å². The maximum absolute atomic E-state index is 13.2. The van der Waals surface area contributed by atoms with E-state index in [1.54, 1.807) is 49.4 Å². The smallest absolute Gasteiger partial charge is 0.335 e. The van der Waals surface area contributed by atoms with Crippen LogP contribution in [-0.4, -0.2) is 28.9 Å². The fourth-order valence-electron chi connectivity index (χ4n) is 3.61. The largest absolute Gasteiger partial charge is 0.487 e. The van der Waals surface area contributed by atoms with Crippen molar-refractivity contribution in [3.8, 4) is 5.75 Å².